The molecule has 0 unspecified atom stereocenters. The van der Waals surface area contributed by atoms with Gasteiger partial charge in [0.25, 0.3) is 0 Å². The van der Waals surface area contributed by atoms with Crippen LogP contribution in [0.4, 0.5) is 11.4 Å². The number of piperidine rings is 2. The lowest BCUT2D eigenvalue weighted by atomic mass is 10.1. The van der Waals surface area contributed by atoms with Gasteiger partial charge >= 0.3 is 11.9 Å². The highest BCUT2D eigenvalue weighted by atomic mass is 16.7. The molecule has 40 heavy (non-hydrogen) atoms. The molecule has 10 nitrogen and oxygen atoms in total. The second-order valence-electron chi connectivity index (χ2n) is 10.4. The van der Waals surface area contributed by atoms with Crippen LogP contribution in [-0.4, -0.2) is 88.6 Å². The molecule has 216 valence electrons. The zero-order valence-corrected chi connectivity index (χ0v) is 23.8. The van der Waals surface area contributed by atoms with E-state index in [9.17, 15) is 9.59 Å². The van der Waals surface area contributed by atoms with E-state index in [1.54, 1.807) is 10.1 Å². The molecule has 2 aromatic carbocycles. The second-order valence-corrected chi connectivity index (χ2v) is 10.4. The van der Waals surface area contributed by atoms with Crippen LogP contribution in [-0.2, 0) is 19.3 Å². The summed E-state index contributed by atoms with van der Waals surface area (Å²) in [4.78, 5) is 39.2. The highest BCUT2D eigenvalue weighted by Crippen LogP contribution is 2.23. The largest absolute Gasteiger partial charge is 0.490 e. The topological polar surface area (TPSA) is 84.0 Å². The maximum Gasteiger partial charge on any atom is 0.349 e. The number of hydroxylamine groups is 4. The van der Waals surface area contributed by atoms with Crippen molar-refractivity contribution < 1.29 is 28.7 Å². The van der Waals surface area contributed by atoms with Crippen LogP contribution in [0.25, 0.3) is 0 Å². The first-order valence-corrected chi connectivity index (χ1v) is 13.7. The van der Waals surface area contributed by atoms with Crippen molar-refractivity contribution in [2.45, 2.75) is 37.9 Å². The first-order chi connectivity index (χ1) is 19.2. The first-order valence-electron chi connectivity index (χ1n) is 13.7. The summed E-state index contributed by atoms with van der Waals surface area (Å²) < 4.78 is 12.1. The van der Waals surface area contributed by atoms with E-state index in [2.05, 4.69) is 0 Å². The van der Waals surface area contributed by atoms with Crippen molar-refractivity contribution in [1.82, 2.24) is 10.1 Å². The van der Waals surface area contributed by atoms with Gasteiger partial charge in [0, 0.05) is 104 Å². The van der Waals surface area contributed by atoms with Gasteiger partial charge in [-0.15, -0.1) is 10.1 Å². The van der Waals surface area contributed by atoms with E-state index in [4.69, 9.17) is 19.1 Å². The van der Waals surface area contributed by atoms with E-state index < -0.39 is 11.9 Å². The van der Waals surface area contributed by atoms with Gasteiger partial charge in [-0.2, -0.15) is 0 Å². The third-order valence-electron chi connectivity index (χ3n) is 6.91. The van der Waals surface area contributed by atoms with Gasteiger partial charge in [-0.1, -0.05) is 0 Å². The Balaban J connectivity index is 1.10. The molecule has 10 heteroatoms. The molecule has 2 aromatic rings. The molecule has 2 fully saturated rings. The van der Waals surface area contributed by atoms with Crippen molar-refractivity contribution in [3.63, 3.8) is 0 Å². The molecule has 0 bridgehead atoms. The van der Waals surface area contributed by atoms with Crippen molar-refractivity contribution in [2.75, 3.05) is 64.2 Å². The molecule has 2 aliphatic rings. The van der Waals surface area contributed by atoms with Crippen molar-refractivity contribution >= 4 is 23.3 Å². The molecular weight excluding hydrogens is 512 g/mol. The molecule has 0 aliphatic carbocycles. The number of carbonyl (C=O) groups is 2. The van der Waals surface area contributed by atoms with E-state index >= 15 is 0 Å². The highest BCUT2D eigenvalue weighted by Gasteiger charge is 2.24. The van der Waals surface area contributed by atoms with Crippen LogP contribution in [0.5, 0.6) is 11.5 Å². The van der Waals surface area contributed by atoms with E-state index in [1.165, 1.54) is 0 Å². The summed E-state index contributed by atoms with van der Waals surface area (Å²) in [7, 11) is 7.99. The molecule has 0 N–H and O–H groups in total. The molecule has 0 radical (unpaired) electrons. The number of benzene rings is 2. The molecule has 0 spiro atoms. The Morgan fingerprint density at radius 3 is 1.25 bits per heavy atom. The minimum Gasteiger partial charge on any atom is -0.490 e. The Bertz CT molecular complexity index is 1030. The Labute approximate surface area is 236 Å². The molecule has 0 saturated carbocycles. The van der Waals surface area contributed by atoms with Crippen molar-refractivity contribution in [2.24, 2.45) is 0 Å². The molecule has 0 amide bonds. The van der Waals surface area contributed by atoms with Gasteiger partial charge in [0.1, 0.15) is 23.7 Å². The Morgan fingerprint density at radius 2 is 0.950 bits per heavy atom. The smallest absolute Gasteiger partial charge is 0.349 e. The zero-order valence-electron chi connectivity index (χ0n) is 23.8. The molecule has 0 aromatic heterocycles. The number of nitrogens with zero attached hydrogens (tertiary/aromatic N) is 4. The molecule has 2 aliphatic heterocycles. The molecule has 2 heterocycles. The third-order valence-corrected chi connectivity index (χ3v) is 6.91. The summed E-state index contributed by atoms with van der Waals surface area (Å²) in [5.41, 5.74) is 2.23. The summed E-state index contributed by atoms with van der Waals surface area (Å²) in [5.74, 6) is 0.439. The number of hydrogen-bond donors (Lipinski definition) is 0. The Hall–Kier alpha value is -3.76. The standard InChI is InChI=1S/C30H40N4O6/c1-31(2)23-5-9-25(10-6-23)37-27-15-19-33(20-16-27)39-29(35)13-14-30(36)40-34-21-17-28(18-22-34)38-26-11-7-24(8-12-26)32(3)4/h5-14,27-28H,15-22H2,1-4H3/b14-13+. The van der Waals surface area contributed by atoms with E-state index in [1.807, 2.05) is 86.5 Å². The summed E-state index contributed by atoms with van der Waals surface area (Å²) in [5, 5.41) is 3.21. The average Bonchev–Trinajstić information content (AvgIpc) is 2.95. The van der Waals surface area contributed by atoms with E-state index in [0.717, 1.165) is 60.7 Å². The zero-order chi connectivity index (χ0) is 28.5. The Morgan fingerprint density at radius 1 is 0.625 bits per heavy atom. The van der Waals surface area contributed by atoms with Crippen molar-refractivity contribution in [1.29, 1.82) is 0 Å². The fraction of sp³-hybridized carbons (Fsp3) is 0.467. The number of anilines is 2. The normalized spacial score (nSPS) is 17.4. The van der Waals surface area contributed by atoms with Gasteiger partial charge < -0.3 is 28.9 Å². The van der Waals surface area contributed by atoms with Crippen LogP contribution in [0, 0.1) is 0 Å². The van der Waals surface area contributed by atoms with E-state index in [0.29, 0.717) is 26.2 Å². The molecular formula is C30H40N4O6. The summed E-state index contributed by atoms with van der Waals surface area (Å²) in [6.45, 7) is 2.23. The van der Waals surface area contributed by atoms with Gasteiger partial charge in [0.15, 0.2) is 0 Å². The second kappa shape index (κ2) is 14.0. The molecule has 4 rings (SSSR count). The minimum absolute atomic E-state index is 0.0591. The molecule has 2 saturated heterocycles. The van der Waals surface area contributed by atoms with Crippen LogP contribution in [0.1, 0.15) is 25.7 Å². The van der Waals surface area contributed by atoms with Gasteiger partial charge in [-0.25, -0.2) is 9.59 Å². The van der Waals surface area contributed by atoms with Crippen LogP contribution in [0.15, 0.2) is 60.7 Å². The maximum absolute atomic E-state index is 12.2. The van der Waals surface area contributed by atoms with Crippen molar-refractivity contribution in [3.8, 4) is 11.5 Å². The monoisotopic (exact) mass is 552 g/mol. The van der Waals surface area contributed by atoms with Crippen LogP contribution in [0.3, 0.4) is 0 Å². The summed E-state index contributed by atoms with van der Waals surface area (Å²) in [6, 6.07) is 15.9. The lowest BCUT2D eigenvalue weighted by molar-refractivity contribution is -0.194. The SMILES string of the molecule is CN(C)c1ccc(OC2CCN(OC(=O)/C=C/C(=O)ON3CCC(Oc4ccc(N(C)C)cc4)CC3)CC2)cc1. The number of ether oxygens (including phenoxy) is 2. The van der Waals surface area contributed by atoms with Gasteiger partial charge in [0.05, 0.1) is 0 Å². The van der Waals surface area contributed by atoms with Crippen molar-refractivity contribution in [3.05, 3.63) is 60.7 Å². The minimum atomic E-state index is -0.608. The number of hydrogen-bond acceptors (Lipinski definition) is 10. The van der Waals surface area contributed by atoms with Gasteiger partial charge in [-0.3, -0.25) is 0 Å². The average molecular weight is 553 g/mol. The first kappa shape index (κ1) is 29.2. The quantitative estimate of drug-likeness (QED) is 0.407. The van der Waals surface area contributed by atoms with E-state index in [-0.39, 0.29) is 12.2 Å². The summed E-state index contributed by atoms with van der Waals surface area (Å²) in [6.07, 6.45) is 5.25. The van der Waals surface area contributed by atoms with Crippen LogP contribution in [0.2, 0.25) is 0 Å². The molecule has 0 atom stereocenters. The number of carbonyl (C=O) groups excluding carboxylic acids is 2. The lowest BCUT2D eigenvalue weighted by Gasteiger charge is -2.30. The highest BCUT2D eigenvalue weighted by molar-refractivity contribution is 5.91. The fourth-order valence-corrected chi connectivity index (χ4v) is 4.56. The van der Waals surface area contributed by atoms with Gasteiger partial charge in [-0.05, 0) is 48.5 Å². The predicted molar refractivity (Wildman–Crippen MR) is 153 cm³/mol. The number of rotatable bonds is 10. The van der Waals surface area contributed by atoms with Crippen LogP contribution < -0.4 is 19.3 Å². The summed E-state index contributed by atoms with van der Waals surface area (Å²) >= 11 is 0. The van der Waals surface area contributed by atoms with Crippen LogP contribution >= 0.6 is 0 Å². The Kier molecular flexibility index (Phi) is 10.3. The van der Waals surface area contributed by atoms with Gasteiger partial charge in [0.2, 0.25) is 0 Å². The third kappa shape index (κ3) is 8.89. The lowest BCUT2D eigenvalue weighted by Crippen LogP contribution is -2.39. The predicted octanol–water partition coefficient (Wildman–Crippen LogP) is 3.68. The maximum atomic E-state index is 12.2. The fourth-order valence-electron chi connectivity index (χ4n) is 4.56.